The number of hydrogen-bond donors (Lipinski definition) is 1. The summed E-state index contributed by atoms with van der Waals surface area (Å²) in [7, 11) is 0. The molecule has 0 amide bonds. The van der Waals surface area contributed by atoms with Gasteiger partial charge in [0.25, 0.3) is 5.56 Å². The lowest BCUT2D eigenvalue weighted by Gasteiger charge is -2.30. The molecule has 1 aliphatic carbocycles. The van der Waals surface area contributed by atoms with Gasteiger partial charge in [-0.2, -0.15) is 0 Å². The molecule has 9 heteroatoms. The third kappa shape index (κ3) is 4.05. The van der Waals surface area contributed by atoms with Gasteiger partial charge in [0.15, 0.2) is 17.3 Å². The molecule has 2 aromatic heterocycles. The Bertz CT molecular complexity index is 1390. The Morgan fingerprint density at radius 1 is 1.11 bits per heavy atom. The summed E-state index contributed by atoms with van der Waals surface area (Å²) < 4.78 is 13.0. The maximum absolute atomic E-state index is 13.5. The highest BCUT2D eigenvalue weighted by Gasteiger charge is 2.33. The van der Waals surface area contributed by atoms with Crippen LogP contribution < -0.4 is 15.0 Å². The molecule has 0 bridgehead atoms. The minimum absolute atomic E-state index is 0.158. The van der Waals surface area contributed by atoms with E-state index >= 15 is 0 Å². The summed E-state index contributed by atoms with van der Waals surface area (Å²) in [5.74, 6) is 2.03. The van der Waals surface area contributed by atoms with E-state index in [1.54, 1.807) is 0 Å². The zero-order valence-electron chi connectivity index (χ0n) is 19.7. The number of benzene rings is 2. The maximum atomic E-state index is 13.5. The van der Waals surface area contributed by atoms with Gasteiger partial charge >= 0.3 is 0 Å². The Labute approximate surface area is 202 Å². The van der Waals surface area contributed by atoms with Crippen molar-refractivity contribution in [2.24, 2.45) is 0 Å². The molecule has 0 saturated heterocycles. The van der Waals surface area contributed by atoms with Gasteiger partial charge in [0, 0.05) is 23.6 Å². The monoisotopic (exact) mass is 472 g/mol. The van der Waals surface area contributed by atoms with Gasteiger partial charge in [-0.25, -0.2) is 4.68 Å². The largest absolute Gasteiger partial charge is 0.454 e. The van der Waals surface area contributed by atoms with Gasteiger partial charge in [-0.1, -0.05) is 50.1 Å². The number of aromatic amines is 1. The smallest absolute Gasteiger partial charge is 0.253 e. The number of pyridine rings is 1. The second-order valence-corrected chi connectivity index (χ2v) is 9.22. The number of ether oxygens (including phenoxy) is 2. The highest BCUT2D eigenvalue weighted by molar-refractivity contribution is 5.83. The first-order valence-corrected chi connectivity index (χ1v) is 12.2. The lowest BCUT2D eigenvalue weighted by atomic mass is 10.0. The van der Waals surface area contributed by atoms with E-state index in [0.29, 0.717) is 34.9 Å². The maximum Gasteiger partial charge on any atom is 0.253 e. The summed E-state index contributed by atoms with van der Waals surface area (Å²) in [6.45, 7) is 3.67. The molecule has 1 N–H and O–H groups in total. The number of rotatable bonds is 7. The van der Waals surface area contributed by atoms with Crippen molar-refractivity contribution < 1.29 is 9.47 Å². The molecule has 9 nitrogen and oxygen atoms in total. The van der Waals surface area contributed by atoms with Crippen LogP contribution in [0.4, 0.5) is 0 Å². The first-order valence-electron chi connectivity index (χ1n) is 12.2. The fourth-order valence-electron chi connectivity index (χ4n) is 5.31. The number of fused-ring (bicyclic) bond motifs is 2. The first-order chi connectivity index (χ1) is 17.2. The van der Waals surface area contributed by atoms with Crippen molar-refractivity contribution in [2.75, 3.05) is 13.3 Å². The van der Waals surface area contributed by atoms with Crippen molar-refractivity contribution in [3.63, 3.8) is 0 Å². The Balaban J connectivity index is 1.50. The molecule has 4 aromatic rings. The Morgan fingerprint density at radius 3 is 2.66 bits per heavy atom. The van der Waals surface area contributed by atoms with Crippen LogP contribution >= 0.6 is 0 Å². The number of tetrazole rings is 1. The van der Waals surface area contributed by atoms with Crippen LogP contribution in [0.1, 0.15) is 61.6 Å². The molecule has 2 aliphatic rings. The van der Waals surface area contributed by atoms with E-state index in [4.69, 9.17) is 9.47 Å². The summed E-state index contributed by atoms with van der Waals surface area (Å²) in [6, 6.07) is 15.8. The number of nitrogens with one attached hydrogen (secondary N) is 1. The van der Waals surface area contributed by atoms with E-state index in [1.807, 2.05) is 41.1 Å². The molecule has 0 radical (unpaired) electrons. The van der Waals surface area contributed by atoms with Gasteiger partial charge in [-0.05, 0) is 47.5 Å². The van der Waals surface area contributed by atoms with Crippen molar-refractivity contribution >= 4 is 10.9 Å². The van der Waals surface area contributed by atoms with Gasteiger partial charge in [0.2, 0.25) is 6.79 Å². The van der Waals surface area contributed by atoms with Crippen LogP contribution in [0.15, 0.2) is 53.3 Å². The van der Waals surface area contributed by atoms with E-state index in [9.17, 15) is 4.79 Å². The summed E-state index contributed by atoms with van der Waals surface area (Å²) >= 11 is 0. The molecule has 2 aromatic carbocycles. The molecule has 0 spiro atoms. The molecule has 1 saturated carbocycles. The van der Waals surface area contributed by atoms with Crippen LogP contribution in [0.3, 0.4) is 0 Å². The Morgan fingerprint density at radius 2 is 1.89 bits per heavy atom. The number of aromatic nitrogens is 5. The number of hydrogen-bond acceptors (Lipinski definition) is 7. The van der Waals surface area contributed by atoms with Crippen LogP contribution in [-0.2, 0) is 6.54 Å². The second kappa shape index (κ2) is 9.14. The minimum Gasteiger partial charge on any atom is -0.454 e. The Hall–Kier alpha value is -3.72. The molecule has 1 fully saturated rings. The summed E-state index contributed by atoms with van der Waals surface area (Å²) in [5.41, 5.74) is 2.33. The third-order valence-electron chi connectivity index (χ3n) is 7.09. The average molecular weight is 473 g/mol. The quantitative estimate of drug-likeness (QED) is 0.435. The van der Waals surface area contributed by atoms with Gasteiger partial charge in [-0.3, -0.25) is 9.69 Å². The van der Waals surface area contributed by atoms with E-state index in [1.165, 1.54) is 18.4 Å². The van der Waals surface area contributed by atoms with E-state index in [0.717, 1.165) is 24.8 Å². The van der Waals surface area contributed by atoms with Crippen LogP contribution in [0.5, 0.6) is 11.5 Å². The van der Waals surface area contributed by atoms with E-state index in [-0.39, 0.29) is 18.4 Å². The van der Waals surface area contributed by atoms with Crippen molar-refractivity contribution in [1.82, 2.24) is 30.1 Å². The summed E-state index contributed by atoms with van der Waals surface area (Å²) in [6.07, 6.45) is 4.43. The zero-order chi connectivity index (χ0) is 23.8. The normalized spacial score (nSPS) is 16.4. The topological polar surface area (TPSA) is 98.2 Å². The SMILES string of the molecule is CCN(Cc1ccccc1)[C@@H](c1cc2cc3c(cc2[nH]c1=O)OCO3)c1nnnn1C1CCCC1. The highest BCUT2D eigenvalue weighted by atomic mass is 16.7. The third-order valence-corrected chi connectivity index (χ3v) is 7.09. The van der Waals surface area contributed by atoms with Crippen LogP contribution in [-0.4, -0.2) is 43.4 Å². The molecule has 1 atom stereocenters. The molecule has 3 heterocycles. The van der Waals surface area contributed by atoms with Crippen molar-refractivity contribution in [3.05, 3.63) is 75.8 Å². The molecule has 0 unspecified atom stereocenters. The van der Waals surface area contributed by atoms with Crippen molar-refractivity contribution in [2.45, 2.75) is 51.2 Å². The van der Waals surface area contributed by atoms with Crippen molar-refractivity contribution in [3.8, 4) is 11.5 Å². The molecule has 180 valence electrons. The van der Waals surface area contributed by atoms with Gasteiger partial charge in [0.05, 0.1) is 11.6 Å². The molecular weight excluding hydrogens is 444 g/mol. The van der Waals surface area contributed by atoms with Gasteiger partial charge in [-0.15, -0.1) is 5.10 Å². The molecule has 35 heavy (non-hydrogen) atoms. The number of H-pyrrole nitrogens is 1. The first kappa shape index (κ1) is 21.8. The van der Waals surface area contributed by atoms with Crippen LogP contribution in [0.25, 0.3) is 10.9 Å². The van der Waals surface area contributed by atoms with Gasteiger partial charge in [0.1, 0.15) is 6.04 Å². The van der Waals surface area contributed by atoms with Crippen LogP contribution in [0.2, 0.25) is 0 Å². The van der Waals surface area contributed by atoms with Crippen molar-refractivity contribution in [1.29, 1.82) is 0 Å². The lowest BCUT2D eigenvalue weighted by Crippen LogP contribution is -2.35. The fourth-order valence-corrected chi connectivity index (χ4v) is 5.31. The van der Waals surface area contributed by atoms with E-state index < -0.39 is 6.04 Å². The highest BCUT2D eigenvalue weighted by Crippen LogP contribution is 2.37. The Kier molecular flexibility index (Phi) is 5.69. The molecular formula is C26H28N6O3. The minimum atomic E-state index is -0.408. The zero-order valence-corrected chi connectivity index (χ0v) is 19.7. The number of nitrogens with zero attached hydrogens (tertiary/aromatic N) is 5. The van der Waals surface area contributed by atoms with Gasteiger partial charge < -0.3 is 14.5 Å². The fraction of sp³-hybridized carbons (Fsp3) is 0.385. The summed E-state index contributed by atoms with van der Waals surface area (Å²) in [4.78, 5) is 18.9. The molecule has 6 rings (SSSR count). The predicted molar refractivity (Wildman–Crippen MR) is 130 cm³/mol. The van der Waals surface area contributed by atoms with E-state index in [2.05, 4.69) is 44.5 Å². The standard InChI is InChI=1S/C26H28N6O3/c1-2-31(15-17-8-4-3-5-9-17)24(25-28-29-30-32(25)19-10-6-7-11-19)20-12-18-13-22-23(35-16-34-22)14-21(18)27-26(20)33/h3-5,8-9,12-14,19,24H,2,6-7,10-11,15-16H2,1H3,(H,27,33)/t24-/m0/s1. The second-order valence-electron chi connectivity index (χ2n) is 9.22. The predicted octanol–water partition coefficient (Wildman–Crippen LogP) is 3.97. The van der Waals surface area contributed by atoms with Crippen LogP contribution in [0, 0.1) is 0 Å². The summed E-state index contributed by atoms with van der Waals surface area (Å²) in [5, 5.41) is 13.8. The molecule has 1 aliphatic heterocycles. The lowest BCUT2D eigenvalue weighted by molar-refractivity contribution is 0.174. The average Bonchev–Trinajstić information content (AvgIpc) is 3.64.